The van der Waals surface area contributed by atoms with Gasteiger partial charge in [0.05, 0.1) is 0 Å². The van der Waals surface area contributed by atoms with Crippen LogP contribution in [0.3, 0.4) is 0 Å². The first-order chi connectivity index (χ1) is 15.8. The van der Waals surface area contributed by atoms with Crippen molar-refractivity contribution in [1.82, 2.24) is 9.80 Å². The molecule has 1 amide bonds. The van der Waals surface area contributed by atoms with Gasteiger partial charge in [-0.3, -0.25) is 0 Å². The van der Waals surface area contributed by atoms with Gasteiger partial charge in [-0.1, -0.05) is 24.3 Å². The van der Waals surface area contributed by atoms with Crippen molar-refractivity contribution in [2.75, 3.05) is 39.4 Å². The maximum atomic E-state index is 12.4. The molecule has 0 radical (unpaired) electrons. The van der Waals surface area contributed by atoms with Gasteiger partial charge >= 0.3 is 6.09 Å². The van der Waals surface area contributed by atoms with E-state index in [2.05, 4.69) is 29.2 Å². The summed E-state index contributed by atoms with van der Waals surface area (Å²) in [6.07, 6.45) is 8.52. The minimum Gasteiger partial charge on any atom is -0.444 e. The molecule has 4 aliphatic rings. The number of carbonyl (C=O) groups is 1. The van der Waals surface area contributed by atoms with Crippen LogP contribution in [0, 0.1) is 5.41 Å². The number of nitrogens with zero attached hydrogens (tertiary/aromatic N) is 2. The molecule has 0 unspecified atom stereocenters. The van der Waals surface area contributed by atoms with Gasteiger partial charge in [0.1, 0.15) is 5.60 Å². The number of benzene rings is 1. The van der Waals surface area contributed by atoms with Crippen molar-refractivity contribution >= 4 is 6.09 Å². The van der Waals surface area contributed by atoms with Gasteiger partial charge in [0.25, 0.3) is 0 Å². The highest BCUT2D eigenvalue weighted by molar-refractivity contribution is 5.69. The maximum absolute atomic E-state index is 12.4. The van der Waals surface area contributed by atoms with Crippen molar-refractivity contribution in [3.63, 3.8) is 0 Å². The summed E-state index contributed by atoms with van der Waals surface area (Å²) >= 11 is 0. The molecular formula is C28H42N2O3. The van der Waals surface area contributed by atoms with Crippen molar-refractivity contribution in [3.8, 4) is 0 Å². The van der Waals surface area contributed by atoms with E-state index in [1.54, 1.807) is 11.1 Å². The largest absolute Gasteiger partial charge is 0.444 e. The first-order valence-corrected chi connectivity index (χ1v) is 13.2. The third-order valence-electron chi connectivity index (χ3n) is 8.52. The minimum atomic E-state index is -0.411. The molecule has 1 aliphatic carbocycles. The number of ether oxygens (including phenoxy) is 2. The molecule has 0 bridgehead atoms. The number of amides is 1. The van der Waals surface area contributed by atoms with Crippen LogP contribution in [0.5, 0.6) is 0 Å². The SMILES string of the molecule is CC(C)(C)OC(=O)N1CC2(CC[C@@H](N3CCC(c4ccccc4C4CCOCC4)CC3)C2)C1. The molecule has 0 aromatic heterocycles. The predicted octanol–water partition coefficient (Wildman–Crippen LogP) is 5.55. The van der Waals surface area contributed by atoms with Crippen LogP contribution in [-0.2, 0) is 9.47 Å². The summed E-state index contributed by atoms with van der Waals surface area (Å²) < 4.78 is 11.2. The van der Waals surface area contributed by atoms with E-state index in [-0.39, 0.29) is 6.09 Å². The predicted molar refractivity (Wildman–Crippen MR) is 131 cm³/mol. The average Bonchev–Trinajstić information content (AvgIpc) is 3.24. The summed E-state index contributed by atoms with van der Waals surface area (Å²) in [5.41, 5.74) is 3.13. The van der Waals surface area contributed by atoms with Gasteiger partial charge in [-0.15, -0.1) is 0 Å². The zero-order chi connectivity index (χ0) is 23.1. The smallest absolute Gasteiger partial charge is 0.410 e. The normalized spacial score (nSPS) is 27.0. The number of likely N-dealkylation sites (tertiary alicyclic amines) is 2. The molecule has 1 saturated carbocycles. The number of rotatable bonds is 3. The van der Waals surface area contributed by atoms with E-state index >= 15 is 0 Å². The maximum Gasteiger partial charge on any atom is 0.410 e. The summed E-state index contributed by atoms with van der Waals surface area (Å²) in [5, 5.41) is 0. The Morgan fingerprint density at radius 1 is 0.970 bits per heavy atom. The number of hydrogen-bond donors (Lipinski definition) is 0. The van der Waals surface area contributed by atoms with Crippen LogP contribution in [-0.4, -0.2) is 66.9 Å². The van der Waals surface area contributed by atoms with Crippen LogP contribution in [0.15, 0.2) is 24.3 Å². The summed E-state index contributed by atoms with van der Waals surface area (Å²) in [6.45, 7) is 11.8. The topological polar surface area (TPSA) is 42.0 Å². The van der Waals surface area contributed by atoms with Crippen LogP contribution in [0.25, 0.3) is 0 Å². The Bertz CT molecular complexity index is 828. The van der Waals surface area contributed by atoms with E-state index in [9.17, 15) is 4.79 Å². The fourth-order valence-corrected chi connectivity index (χ4v) is 6.83. The Kier molecular flexibility index (Phi) is 6.47. The summed E-state index contributed by atoms with van der Waals surface area (Å²) in [7, 11) is 0. The highest BCUT2D eigenvalue weighted by Crippen LogP contribution is 2.48. The van der Waals surface area contributed by atoms with E-state index < -0.39 is 5.60 Å². The molecule has 0 N–H and O–H groups in total. The van der Waals surface area contributed by atoms with Gasteiger partial charge in [0.15, 0.2) is 0 Å². The Morgan fingerprint density at radius 3 is 2.18 bits per heavy atom. The Hall–Kier alpha value is -1.59. The lowest BCUT2D eigenvalue weighted by Crippen LogP contribution is -2.58. The standard InChI is InChI=1S/C28H42N2O3/c1-27(2,3)33-26(31)30-19-28(20-30)13-8-23(18-28)29-14-9-21(10-15-29)24-6-4-5-7-25(24)22-11-16-32-17-12-22/h4-7,21-23H,8-20H2,1-3H3/t23-/m1/s1. The zero-order valence-corrected chi connectivity index (χ0v) is 20.9. The second kappa shape index (κ2) is 9.22. The van der Waals surface area contributed by atoms with E-state index in [0.29, 0.717) is 23.3 Å². The third kappa shape index (κ3) is 5.09. The van der Waals surface area contributed by atoms with E-state index in [0.717, 1.165) is 26.3 Å². The van der Waals surface area contributed by atoms with Crippen LogP contribution < -0.4 is 0 Å². The van der Waals surface area contributed by atoms with Crippen LogP contribution >= 0.6 is 0 Å². The van der Waals surface area contributed by atoms with Crippen molar-refractivity contribution in [1.29, 1.82) is 0 Å². The Balaban J connectivity index is 1.13. The van der Waals surface area contributed by atoms with Crippen LogP contribution in [0.4, 0.5) is 4.79 Å². The number of piperidine rings is 1. The Morgan fingerprint density at radius 2 is 1.58 bits per heavy atom. The molecule has 3 heterocycles. The molecule has 1 aromatic rings. The molecule has 33 heavy (non-hydrogen) atoms. The average molecular weight is 455 g/mol. The lowest BCUT2D eigenvalue weighted by molar-refractivity contribution is -0.0347. The van der Waals surface area contributed by atoms with Crippen LogP contribution in [0.2, 0.25) is 0 Å². The lowest BCUT2D eigenvalue weighted by atomic mass is 9.78. The molecule has 4 fully saturated rings. The van der Waals surface area contributed by atoms with E-state index in [1.165, 1.54) is 58.0 Å². The quantitative estimate of drug-likeness (QED) is 0.601. The molecule has 5 rings (SSSR count). The highest BCUT2D eigenvalue weighted by Gasteiger charge is 2.51. The van der Waals surface area contributed by atoms with Crippen molar-refractivity contribution in [3.05, 3.63) is 35.4 Å². The second-order valence-corrected chi connectivity index (χ2v) is 12.1. The van der Waals surface area contributed by atoms with E-state index in [1.807, 2.05) is 25.7 Å². The molecule has 5 nitrogen and oxygen atoms in total. The van der Waals surface area contributed by atoms with Crippen molar-refractivity contribution in [2.45, 2.75) is 89.2 Å². The molecule has 3 saturated heterocycles. The van der Waals surface area contributed by atoms with Gasteiger partial charge in [0.2, 0.25) is 0 Å². The van der Waals surface area contributed by atoms with Crippen molar-refractivity contribution in [2.24, 2.45) is 5.41 Å². The fourth-order valence-electron chi connectivity index (χ4n) is 6.83. The summed E-state index contributed by atoms with van der Waals surface area (Å²) in [5.74, 6) is 1.37. The summed E-state index contributed by atoms with van der Waals surface area (Å²) in [6, 6.07) is 9.93. The van der Waals surface area contributed by atoms with Gasteiger partial charge in [-0.05, 0) is 102 Å². The Labute approximate surface area is 199 Å². The van der Waals surface area contributed by atoms with Gasteiger partial charge in [0, 0.05) is 37.8 Å². The molecular weight excluding hydrogens is 412 g/mol. The first-order valence-electron chi connectivity index (χ1n) is 13.2. The number of hydrogen-bond acceptors (Lipinski definition) is 4. The van der Waals surface area contributed by atoms with Gasteiger partial charge in [-0.2, -0.15) is 0 Å². The second-order valence-electron chi connectivity index (χ2n) is 12.1. The highest BCUT2D eigenvalue weighted by atomic mass is 16.6. The molecule has 1 aromatic carbocycles. The van der Waals surface area contributed by atoms with Gasteiger partial charge < -0.3 is 19.3 Å². The third-order valence-corrected chi connectivity index (χ3v) is 8.52. The van der Waals surface area contributed by atoms with Crippen molar-refractivity contribution < 1.29 is 14.3 Å². The molecule has 1 atom stereocenters. The fraction of sp³-hybridized carbons (Fsp3) is 0.750. The number of carbonyl (C=O) groups excluding carboxylic acids is 1. The lowest BCUT2D eigenvalue weighted by Gasteiger charge is -2.48. The minimum absolute atomic E-state index is 0.138. The zero-order valence-electron chi connectivity index (χ0n) is 20.9. The monoisotopic (exact) mass is 454 g/mol. The molecule has 5 heteroatoms. The first kappa shape index (κ1) is 23.2. The molecule has 3 aliphatic heterocycles. The molecule has 182 valence electrons. The molecule has 1 spiro atoms. The van der Waals surface area contributed by atoms with Crippen LogP contribution in [0.1, 0.15) is 88.7 Å². The summed E-state index contributed by atoms with van der Waals surface area (Å²) in [4.78, 5) is 17.0. The van der Waals surface area contributed by atoms with E-state index in [4.69, 9.17) is 9.47 Å². The van der Waals surface area contributed by atoms with Gasteiger partial charge in [-0.25, -0.2) is 4.79 Å².